The third-order valence-electron chi connectivity index (χ3n) is 6.20. The van der Waals surface area contributed by atoms with Crippen molar-refractivity contribution in [3.05, 3.63) is 0 Å². The van der Waals surface area contributed by atoms with E-state index in [4.69, 9.17) is 10.5 Å². The van der Waals surface area contributed by atoms with E-state index < -0.39 is 0 Å². The molecule has 0 N–H and O–H groups in total. The van der Waals surface area contributed by atoms with E-state index in [9.17, 15) is 0 Å². The van der Waals surface area contributed by atoms with Gasteiger partial charge in [-0.25, -0.2) is 0 Å². The first kappa shape index (κ1) is 21.0. The largest absolute Gasteiger partial charge is 0.198 e. The smallest absolute Gasteiger partial charge is 0.0621 e. The van der Waals surface area contributed by atoms with Gasteiger partial charge in [0.2, 0.25) is 0 Å². The van der Waals surface area contributed by atoms with Gasteiger partial charge in [0.1, 0.15) is 0 Å². The van der Waals surface area contributed by atoms with Crippen LogP contribution in [0.25, 0.3) is 0 Å². The molecule has 22 heavy (non-hydrogen) atoms. The lowest BCUT2D eigenvalue weighted by atomic mass is 9.67. The van der Waals surface area contributed by atoms with Gasteiger partial charge in [0, 0.05) is 12.8 Å². The van der Waals surface area contributed by atoms with Crippen LogP contribution in [0.4, 0.5) is 0 Å². The molecule has 0 aromatic heterocycles. The van der Waals surface area contributed by atoms with Crippen LogP contribution in [0.3, 0.4) is 0 Å². The SMILES string of the molecule is CCC(CC)(CCC#N)CCC(CC)(CC)CCCCC#N. The van der Waals surface area contributed by atoms with E-state index in [1.807, 2.05) is 0 Å². The van der Waals surface area contributed by atoms with Crippen molar-refractivity contribution in [1.29, 1.82) is 10.5 Å². The highest BCUT2D eigenvalue weighted by Gasteiger charge is 2.32. The number of rotatable bonds is 13. The fourth-order valence-corrected chi connectivity index (χ4v) is 3.72. The summed E-state index contributed by atoms with van der Waals surface area (Å²) >= 11 is 0. The van der Waals surface area contributed by atoms with Crippen molar-refractivity contribution >= 4 is 0 Å². The summed E-state index contributed by atoms with van der Waals surface area (Å²) in [6.07, 6.45) is 13.3. The van der Waals surface area contributed by atoms with E-state index >= 15 is 0 Å². The second kappa shape index (κ2) is 11.5. The maximum absolute atomic E-state index is 8.93. The summed E-state index contributed by atoms with van der Waals surface area (Å²) < 4.78 is 0. The average molecular weight is 305 g/mol. The molecule has 0 aromatic rings. The minimum Gasteiger partial charge on any atom is -0.198 e. The third-order valence-corrected chi connectivity index (χ3v) is 6.20. The van der Waals surface area contributed by atoms with Crippen LogP contribution >= 0.6 is 0 Å². The Morgan fingerprint density at radius 3 is 1.45 bits per heavy atom. The van der Waals surface area contributed by atoms with Crippen LogP contribution in [0.2, 0.25) is 0 Å². The van der Waals surface area contributed by atoms with E-state index in [-0.39, 0.29) is 0 Å². The van der Waals surface area contributed by atoms with Gasteiger partial charge < -0.3 is 0 Å². The number of nitriles is 2. The fourth-order valence-electron chi connectivity index (χ4n) is 3.72. The molecule has 0 saturated carbocycles. The molecule has 0 aliphatic rings. The second-order valence-corrected chi connectivity index (χ2v) is 6.94. The molecule has 0 bridgehead atoms. The lowest BCUT2D eigenvalue weighted by Gasteiger charge is -2.38. The highest BCUT2D eigenvalue weighted by Crippen LogP contribution is 2.44. The summed E-state index contributed by atoms with van der Waals surface area (Å²) in [5.74, 6) is 0. The zero-order valence-corrected chi connectivity index (χ0v) is 15.4. The van der Waals surface area contributed by atoms with Gasteiger partial charge in [0.25, 0.3) is 0 Å². The van der Waals surface area contributed by atoms with Crippen molar-refractivity contribution in [2.24, 2.45) is 10.8 Å². The van der Waals surface area contributed by atoms with Crippen molar-refractivity contribution in [3.8, 4) is 12.1 Å². The van der Waals surface area contributed by atoms with Gasteiger partial charge in [-0.2, -0.15) is 10.5 Å². The Hall–Kier alpha value is -1.02. The Balaban J connectivity index is 4.71. The molecule has 0 atom stereocenters. The summed E-state index contributed by atoms with van der Waals surface area (Å²) in [6, 6.07) is 4.59. The van der Waals surface area contributed by atoms with E-state index in [0.29, 0.717) is 23.7 Å². The summed E-state index contributed by atoms with van der Waals surface area (Å²) in [5, 5.41) is 17.6. The molecule has 0 amide bonds. The maximum Gasteiger partial charge on any atom is 0.0621 e. The van der Waals surface area contributed by atoms with Crippen LogP contribution in [0.1, 0.15) is 105 Å². The molecule has 2 heteroatoms. The molecule has 0 rings (SSSR count). The van der Waals surface area contributed by atoms with Crippen molar-refractivity contribution in [2.75, 3.05) is 0 Å². The highest BCUT2D eigenvalue weighted by molar-refractivity contribution is 4.86. The van der Waals surface area contributed by atoms with Gasteiger partial charge in [-0.3, -0.25) is 0 Å². The molecule has 0 aliphatic carbocycles. The van der Waals surface area contributed by atoms with Crippen LogP contribution in [0.15, 0.2) is 0 Å². The zero-order chi connectivity index (χ0) is 16.9. The second-order valence-electron chi connectivity index (χ2n) is 6.94. The molecule has 0 aliphatic heterocycles. The van der Waals surface area contributed by atoms with E-state index in [1.165, 1.54) is 51.4 Å². The maximum atomic E-state index is 8.93. The highest BCUT2D eigenvalue weighted by atomic mass is 14.4. The lowest BCUT2D eigenvalue weighted by molar-refractivity contribution is 0.136. The number of nitrogens with zero attached hydrogens (tertiary/aromatic N) is 2. The number of hydrogen-bond acceptors (Lipinski definition) is 2. The molecule has 0 aromatic carbocycles. The topological polar surface area (TPSA) is 47.6 Å². The van der Waals surface area contributed by atoms with E-state index in [1.54, 1.807) is 0 Å². The minimum absolute atomic E-state index is 0.359. The van der Waals surface area contributed by atoms with Gasteiger partial charge in [0.15, 0.2) is 0 Å². The first-order valence-electron chi connectivity index (χ1n) is 9.31. The molecule has 0 fully saturated rings. The third kappa shape index (κ3) is 6.83. The zero-order valence-electron chi connectivity index (χ0n) is 15.4. The monoisotopic (exact) mass is 304 g/mol. The van der Waals surface area contributed by atoms with Gasteiger partial charge in [-0.05, 0) is 42.9 Å². The first-order valence-corrected chi connectivity index (χ1v) is 9.31. The predicted octanol–water partition coefficient (Wildman–Crippen LogP) is 6.77. The quantitative estimate of drug-likeness (QED) is 0.352. The lowest BCUT2D eigenvalue weighted by Crippen LogP contribution is -2.25. The molecular weight excluding hydrogens is 268 g/mol. The molecule has 2 nitrogen and oxygen atoms in total. The predicted molar refractivity (Wildman–Crippen MR) is 94.2 cm³/mol. The van der Waals surface area contributed by atoms with Gasteiger partial charge >= 0.3 is 0 Å². The Kier molecular flexibility index (Phi) is 11.0. The summed E-state index contributed by atoms with van der Waals surface area (Å²) in [4.78, 5) is 0. The molecule has 0 unspecified atom stereocenters. The van der Waals surface area contributed by atoms with E-state index in [0.717, 1.165) is 12.8 Å². The fraction of sp³-hybridized carbons (Fsp3) is 0.900. The van der Waals surface area contributed by atoms with Crippen LogP contribution < -0.4 is 0 Å². The molecular formula is C20H36N2. The van der Waals surface area contributed by atoms with Gasteiger partial charge in [-0.15, -0.1) is 0 Å². The van der Waals surface area contributed by atoms with Crippen molar-refractivity contribution in [3.63, 3.8) is 0 Å². The Morgan fingerprint density at radius 2 is 1.05 bits per heavy atom. The normalized spacial score (nSPS) is 11.9. The van der Waals surface area contributed by atoms with Crippen LogP contribution in [0, 0.1) is 33.5 Å². The van der Waals surface area contributed by atoms with Gasteiger partial charge in [-0.1, -0.05) is 59.8 Å². The molecule has 0 saturated heterocycles. The summed E-state index contributed by atoms with van der Waals surface area (Å²) in [5.41, 5.74) is 0.801. The first-order chi connectivity index (χ1) is 10.6. The number of hydrogen-bond donors (Lipinski definition) is 0. The van der Waals surface area contributed by atoms with Crippen LogP contribution in [-0.2, 0) is 0 Å². The van der Waals surface area contributed by atoms with E-state index in [2.05, 4.69) is 39.8 Å². The Morgan fingerprint density at radius 1 is 0.591 bits per heavy atom. The average Bonchev–Trinajstić information content (AvgIpc) is 2.57. The standard InChI is InChI=1S/C20H36N2/c1-5-19(6-2,13-10-9-11-17-21)15-16-20(7-3,8-4)14-12-18-22/h5-16H2,1-4H3. The van der Waals surface area contributed by atoms with Crippen molar-refractivity contribution < 1.29 is 0 Å². The van der Waals surface area contributed by atoms with Crippen molar-refractivity contribution in [2.45, 2.75) is 105 Å². The molecule has 126 valence electrons. The van der Waals surface area contributed by atoms with Crippen molar-refractivity contribution in [1.82, 2.24) is 0 Å². The summed E-state index contributed by atoms with van der Waals surface area (Å²) in [7, 11) is 0. The Bertz CT molecular complexity index is 351. The molecule has 0 spiro atoms. The minimum atomic E-state index is 0.359. The van der Waals surface area contributed by atoms with Crippen LogP contribution in [0.5, 0.6) is 0 Å². The number of unbranched alkanes of at least 4 members (excludes halogenated alkanes) is 2. The van der Waals surface area contributed by atoms with Gasteiger partial charge in [0.05, 0.1) is 12.1 Å². The summed E-state index contributed by atoms with van der Waals surface area (Å²) in [6.45, 7) is 9.21. The Labute approximate surface area is 138 Å². The molecule has 0 radical (unpaired) electrons. The van der Waals surface area contributed by atoms with Crippen LogP contribution in [-0.4, -0.2) is 0 Å². The molecule has 0 heterocycles.